The maximum absolute atomic E-state index is 13.2. The Morgan fingerprint density at radius 2 is 1.88 bits per heavy atom. The van der Waals surface area contributed by atoms with Crippen LogP contribution in [0.1, 0.15) is 38.7 Å². The van der Waals surface area contributed by atoms with Gasteiger partial charge in [0.2, 0.25) is 5.91 Å². The molecule has 3 aliphatic rings. The molecule has 1 aliphatic carbocycles. The van der Waals surface area contributed by atoms with Gasteiger partial charge >= 0.3 is 6.03 Å². The number of fused-ring (bicyclic) bond motifs is 1. The van der Waals surface area contributed by atoms with Crippen LogP contribution in [-0.4, -0.2) is 41.4 Å². The fourth-order valence-corrected chi connectivity index (χ4v) is 4.91. The van der Waals surface area contributed by atoms with Crippen molar-refractivity contribution in [1.82, 2.24) is 10.2 Å². The second-order valence-corrected chi connectivity index (χ2v) is 7.85. The highest BCUT2D eigenvalue weighted by Crippen LogP contribution is 2.42. The van der Waals surface area contributed by atoms with Gasteiger partial charge in [-0.25, -0.2) is 4.79 Å². The lowest BCUT2D eigenvalue weighted by molar-refractivity contribution is -0.138. The molecule has 4 amide bonds. The lowest BCUT2D eigenvalue weighted by Gasteiger charge is -2.42. The van der Waals surface area contributed by atoms with Crippen LogP contribution in [0.5, 0.6) is 0 Å². The molecule has 2 atom stereocenters. The number of anilines is 1. The number of urea groups is 1. The number of carbonyl (C=O) groups is 3. The normalized spacial score (nSPS) is 30.7. The van der Waals surface area contributed by atoms with Crippen molar-refractivity contribution in [3.63, 3.8) is 0 Å². The molecule has 6 nitrogen and oxygen atoms in total. The van der Waals surface area contributed by atoms with Gasteiger partial charge in [0.05, 0.1) is 0 Å². The van der Waals surface area contributed by atoms with Crippen LogP contribution in [0.3, 0.4) is 0 Å². The number of para-hydroxylation sites is 1. The van der Waals surface area contributed by atoms with Gasteiger partial charge in [-0.3, -0.25) is 14.5 Å². The van der Waals surface area contributed by atoms with Gasteiger partial charge in [0.1, 0.15) is 12.1 Å². The number of amides is 4. The van der Waals surface area contributed by atoms with E-state index in [1.54, 1.807) is 4.90 Å². The number of nitrogens with one attached hydrogen (secondary N) is 1. The fraction of sp³-hybridized carbons (Fsp3) is 0.550. The Bertz CT molecular complexity index is 765. The quantitative estimate of drug-likeness (QED) is 0.828. The highest BCUT2D eigenvalue weighted by Gasteiger charge is 2.58. The third kappa shape index (κ3) is 2.35. The molecule has 4 rings (SSSR count). The van der Waals surface area contributed by atoms with Gasteiger partial charge < -0.3 is 10.2 Å². The number of hydrogen-bond acceptors (Lipinski definition) is 3. The molecule has 0 bridgehead atoms. The van der Waals surface area contributed by atoms with Crippen molar-refractivity contribution in [2.45, 2.75) is 45.1 Å². The first kappa shape index (κ1) is 17.1. The average Bonchev–Trinajstić information content (AvgIpc) is 3.15. The van der Waals surface area contributed by atoms with E-state index in [0.717, 1.165) is 41.8 Å². The van der Waals surface area contributed by atoms with Crippen LogP contribution < -0.4 is 10.2 Å². The zero-order chi connectivity index (χ0) is 18.5. The second kappa shape index (κ2) is 6.11. The lowest BCUT2D eigenvalue weighted by atomic mass is 9.67. The molecule has 1 N–H and O–H groups in total. The van der Waals surface area contributed by atoms with Crippen molar-refractivity contribution in [2.24, 2.45) is 11.8 Å². The highest BCUT2D eigenvalue weighted by atomic mass is 16.2. The van der Waals surface area contributed by atoms with Crippen molar-refractivity contribution >= 4 is 23.5 Å². The summed E-state index contributed by atoms with van der Waals surface area (Å²) in [6.45, 7) is 4.45. The molecular weight excluding hydrogens is 330 g/mol. The number of imide groups is 1. The predicted octanol–water partition coefficient (Wildman–Crippen LogP) is 2.32. The smallest absolute Gasteiger partial charge is 0.323 e. The number of hydrogen-bond donors (Lipinski definition) is 1. The second-order valence-electron chi connectivity index (χ2n) is 7.85. The number of rotatable bonds is 2. The van der Waals surface area contributed by atoms with Crippen LogP contribution in [0.4, 0.5) is 10.5 Å². The van der Waals surface area contributed by atoms with Crippen LogP contribution in [0.2, 0.25) is 0 Å². The molecule has 1 saturated carbocycles. The summed E-state index contributed by atoms with van der Waals surface area (Å²) in [5, 5.41) is 2.95. The van der Waals surface area contributed by atoms with Gasteiger partial charge in [-0.2, -0.15) is 0 Å². The van der Waals surface area contributed by atoms with E-state index in [2.05, 4.69) is 5.32 Å². The zero-order valence-electron chi connectivity index (χ0n) is 15.3. The van der Waals surface area contributed by atoms with E-state index in [-0.39, 0.29) is 30.2 Å². The maximum Gasteiger partial charge on any atom is 0.325 e. The summed E-state index contributed by atoms with van der Waals surface area (Å²) in [5.74, 6) is -0.278. The number of carbonyl (C=O) groups excluding carboxylic acids is 3. The third-order valence-electron chi connectivity index (χ3n) is 6.47. The van der Waals surface area contributed by atoms with Gasteiger partial charge in [0.15, 0.2) is 0 Å². The fourth-order valence-electron chi connectivity index (χ4n) is 4.91. The molecule has 1 saturated heterocycles. The molecule has 2 unspecified atom stereocenters. The maximum atomic E-state index is 13.2. The Hall–Kier alpha value is -2.37. The molecule has 1 aromatic carbocycles. The van der Waals surface area contributed by atoms with Crippen molar-refractivity contribution < 1.29 is 14.4 Å². The molecule has 2 fully saturated rings. The molecule has 138 valence electrons. The third-order valence-corrected chi connectivity index (χ3v) is 6.47. The highest BCUT2D eigenvalue weighted by molar-refractivity contribution is 6.11. The summed E-state index contributed by atoms with van der Waals surface area (Å²) < 4.78 is 0. The standard InChI is InChI=1S/C20H25N3O3/c1-13-6-5-7-14(2)20(13)18(25)23(19(26)21-20)12-17(24)22-11-10-15-8-3-4-9-16(15)22/h3-4,8-9,13-14H,5-7,10-12H2,1-2H3,(H,21,26). The van der Waals surface area contributed by atoms with E-state index >= 15 is 0 Å². The van der Waals surface area contributed by atoms with Crippen molar-refractivity contribution in [2.75, 3.05) is 18.0 Å². The average molecular weight is 355 g/mol. The molecule has 1 spiro atoms. The monoisotopic (exact) mass is 355 g/mol. The summed E-state index contributed by atoms with van der Waals surface area (Å²) >= 11 is 0. The van der Waals surface area contributed by atoms with Gasteiger partial charge in [-0.15, -0.1) is 0 Å². The molecule has 0 radical (unpaired) electrons. The summed E-state index contributed by atoms with van der Waals surface area (Å²) in [4.78, 5) is 41.4. The van der Waals surface area contributed by atoms with Crippen LogP contribution in [0.25, 0.3) is 0 Å². The van der Waals surface area contributed by atoms with Crippen LogP contribution >= 0.6 is 0 Å². The first-order valence-electron chi connectivity index (χ1n) is 9.47. The van der Waals surface area contributed by atoms with Crippen LogP contribution in [0, 0.1) is 11.8 Å². The Morgan fingerprint density at radius 1 is 1.19 bits per heavy atom. The first-order chi connectivity index (χ1) is 12.4. The number of benzene rings is 1. The van der Waals surface area contributed by atoms with E-state index in [1.807, 2.05) is 38.1 Å². The minimum absolute atomic E-state index is 0.0790. The molecular formula is C20H25N3O3. The van der Waals surface area contributed by atoms with E-state index in [4.69, 9.17) is 0 Å². The van der Waals surface area contributed by atoms with E-state index in [1.165, 1.54) is 0 Å². The van der Waals surface area contributed by atoms with Crippen LogP contribution in [-0.2, 0) is 16.0 Å². The topological polar surface area (TPSA) is 69.7 Å². The van der Waals surface area contributed by atoms with Gasteiger partial charge in [-0.1, -0.05) is 38.5 Å². The summed E-state index contributed by atoms with van der Waals surface area (Å²) in [5.41, 5.74) is 1.17. The SMILES string of the molecule is CC1CCCC(C)C12NC(=O)N(CC(=O)N1CCc3ccccc31)C2=O. The Morgan fingerprint density at radius 3 is 2.62 bits per heavy atom. The molecule has 0 aromatic heterocycles. The summed E-state index contributed by atoms with van der Waals surface area (Å²) in [6.07, 6.45) is 3.70. The van der Waals surface area contributed by atoms with Gasteiger partial charge in [0, 0.05) is 12.2 Å². The lowest BCUT2D eigenvalue weighted by Crippen LogP contribution is -2.59. The van der Waals surface area contributed by atoms with E-state index in [9.17, 15) is 14.4 Å². The molecule has 1 aromatic rings. The zero-order valence-corrected chi connectivity index (χ0v) is 15.3. The Labute approximate surface area is 153 Å². The Balaban J connectivity index is 1.55. The van der Waals surface area contributed by atoms with E-state index < -0.39 is 11.6 Å². The van der Waals surface area contributed by atoms with Gasteiger partial charge in [-0.05, 0) is 42.7 Å². The van der Waals surface area contributed by atoms with Crippen molar-refractivity contribution in [1.29, 1.82) is 0 Å². The summed E-state index contributed by atoms with van der Waals surface area (Å²) in [6, 6.07) is 7.35. The van der Waals surface area contributed by atoms with E-state index in [0.29, 0.717) is 6.54 Å². The van der Waals surface area contributed by atoms with Crippen molar-refractivity contribution in [3.8, 4) is 0 Å². The molecule has 2 aliphatic heterocycles. The first-order valence-corrected chi connectivity index (χ1v) is 9.47. The molecule has 26 heavy (non-hydrogen) atoms. The Kier molecular flexibility index (Phi) is 4.01. The van der Waals surface area contributed by atoms with Crippen LogP contribution in [0.15, 0.2) is 24.3 Å². The minimum atomic E-state index is -0.849. The largest absolute Gasteiger partial charge is 0.325 e. The van der Waals surface area contributed by atoms with Gasteiger partial charge in [0.25, 0.3) is 5.91 Å². The minimum Gasteiger partial charge on any atom is -0.323 e. The molecule has 2 heterocycles. The summed E-state index contributed by atoms with van der Waals surface area (Å²) in [7, 11) is 0. The number of nitrogens with zero attached hydrogens (tertiary/aromatic N) is 2. The predicted molar refractivity (Wildman–Crippen MR) is 97.7 cm³/mol. The molecule has 6 heteroatoms. The van der Waals surface area contributed by atoms with Crippen molar-refractivity contribution in [3.05, 3.63) is 29.8 Å².